The van der Waals surface area contributed by atoms with Gasteiger partial charge in [-0.15, -0.1) is 0 Å². The van der Waals surface area contributed by atoms with E-state index >= 15 is 0 Å². The standard InChI is InChI=1S/C19H19ClN2O4/c1-19(2,3)13-8-6-12(7-9-13)17(24)22-15(23)11-26-18(25)14-5-4-10-21-16(14)20/h4-10H,11H2,1-3H3,(H,22,23,24). The van der Waals surface area contributed by atoms with Crippen molar-refractivity contribution in [1.29, 1.82) is 0 Å². The van der Waals surface area contributed by atoms with Gasteiger partial charge >= 0.3 is 5.97 Å². The Morgan fingerprint density at radius 2 is 1.77 bits per heavy atom. The molecule has 0 fully saturated rings. The minimum absolute atomic E-state index is 0.0204. The summed E-state index contributed by atoms with van der Waals surface area (Å²) in [6, 6.07) is 9.91. The highest BCUT2D eigenvalue weighted by atomic mass is 35.5. The Bertz CT molecular complexity index is 826. The Labute approximate surface area is 156 Å². The molecule has 6 nitrogen and oxygen atoms in total. The van der Waals surface area contributed by atoms with E-state index in [2.05, 4.69) is 31.1 Å². The van der Waals surface area contributed by atoms with Gasteiger partial charge in [0.1, 0.15) is 5.15 Å². The molecule has 0 aliphatic heterocycles. The van der Waals surface area contributed by atoms with E-state index in [9.17, 15) is 14.4 Å². The maximum Gasteiger partial charge on any atom is 0.341 e. The molecule has 136 valence electrons. The lowest BCUT2D eigenvalue weighted by Gasteiger charge is -2.19. The van der Waals surface area contributed by atoms with Crippen LogP contribution in [0.2, 0.25) is 5.15 Å². The fourth-order valence-electron chi connectivity index (χ4n) is 2.10. The minimum Gasteiger partial charge on any atom is -0.452 e. The molecule has 2 amide bonds. The summed E-state index contributed by atoms with van der Waals surface area (Å²) >= 11 is 5.78. The molecule has 7 heteroatoms. The highest BCUT2D eigenvalue weighted by molar-refractivity contribution is 6.32. The topological polar surface area (TPSA) is 85.4 Å². The Hall–Kier alpha value is -2.73. The Kier molecular flexibility index (Phi) is 6.10. The molecule has 0 spiro atoms. The number of amides is 2. The second kappa shape index (κ2) is 8.10. The number of benzene rings is 1. The third-order valence-electron chi connectivity index (χ3n) is 3.58. The van der Waals surface area contributed by atoms with Gasteiger partial charge in [0.15, 0.2) is 6.61 Å². The molecule has 1 heterocycles. The monoisotopic (exact) mass is 374 g/mol. The van der Waals surface area contributed by atoms with Gasteiger partial charge in [0.2, 0.25) is 0 Å². The van der Waals surface area contributed by atoms with Crippen molar-refractivity contribution in [1.82, 2.24) is 10.3 Å². The number of pyridine rings is 1. The van der Waals surface area contributed by atoms with Gasteiger partial charge in [-0.25, -0.2) is 9.78 Å². The number of nitrogens with one attached hydrogen (secondary N) is 1. The highest BCUT2D eigenvalue weighted by Gasteiger charge is 2.17. The largest absolute Gasteiger partial charge is 0.452 e. The average Bonchev–Trinajstić information content (AvgIpc) is 2.59. The van der Waals surface area contributed by atoms with Gasteiger partial charge in [-0.3, -0.25) is 14.9 Å². The number of carbonyl (C=O) groups is 3. The number of esters is 1. The van der Waals surface area contributed by atoms with Crippen molar-refractivity contribution in [2.75, 3.05) is 6.61 Å². The summed E-state index contributed by atoms with van der Waals surface area (Å²) in [5, 5.41) is 2.15. The maximum absolute atomic E-state index is 12.1. The van der Waals surface area contributed by atoms with Gasteiger partial charge in [-0.2, -0.15) is 0 Å². The number of hydrogen-bond acceptors (Lipinski definition) is 5. The van der Waals surface area contributed by atoms with Crippen molar-refractivity contribution in [3.8, 4) is 0 Å². The van der Waals surface area contributed by atoms with E-state index in [4.69, 9.17) is 16.3 Å². The molecule has 0 bridgehead atoms. The van der Waals surface area contributed by atoms with Crippen molar-refractivity contribution in [3.05, 3.63) is 64.4 Å². The predicted octanol–water partition coefficient (Wildman–Crippen LogP) is 3.15. The van der Waals surface area contributed by atoms with E-state index in [0.717, 1.165) is 5.56 Å². The van der Waals surface area contributed by atoms with E-state index in [0.29, 0.717) is 5.56 Å². The number of rotatable bonds is 4. The van der Waals surface area contributed by atoms with Crippen LogP contribution in [0.1, 0.15) is 47.1 Å². The molecular weight excluding hydrogens is 356 g/mol. The summed E-state index contributed by atoms with van der Waals surface area (Å²) in [6.07, 6.45) is 1.43. The molecule has 0 aliphatic carbocycles. The van der Waals surface area contributed by atoms with Gasteiger partial charge in [0, 0.05) is 11.8 Å². The van der Waals surface area contributed by atoms with Crippen molar-refractivity contribution in [3.63, 3.8) is 0 Å². The third-order valence-corrected chi connectivity index (χ3v) is 3.88. The zero-order valence-corrected chi connectivity index (χ0v) is 15.5. The highest BCUT2D eigenvalue weighted by Crippen LogP contribution is 2.22. The van der Waals surface area contributed by atoms with Crippen LogP contribution in [0.4, 0.5) is 0 Å². The molecular formula is C19H19ClN2O4. The van der Waals surface area contributed by atoms with Gasteiger partial charge in [0.25, 0.3) is 11.8 Å². The summed E-state index contributed by atoms with van der Waals surface area (Å²) < 4.78 is 4.84. The number of imide groups is 1. The second-order valence-corrected chi connectivity index (χ2v) is 6.98. The zero-order chi connectivity index (χ0) is 19.3. The molecule has 0 saturated carbocycles. The van der Waals surface area contributed by atoms with Crippen LogP contribution in [0.5, 0.6) is 0 Å². The van der Waals surface area contributed by atoms with Crippen LogP contribution in [-0.4, -0.2) is 29.4 Å². The summed E-state index contributed by atoms with van der Waals surface area (Å²) in [7, 11) is 0. The van der Waals surface area contributed by atoms with Crippen molar-refractivity contribution in [2.24, 2.45) is 0 Å². The lowest BCUT2D eigenvalue weighted by atomic mass is 9.87. The summed E-state index contributed by atoms with van der Waals surface area (Å²) in [5.74, 6) is -2.09. The quantitative estimate of drug-likeness (QED) is 0.656. The molecule has 1 N–H and O–H groups in total. The molecule has 2 rings (SSSR count). The number of nitrogens with zero attached hydrogens (tertiary/aromatic N) is 1. The number of carbonyl (C=O) groups excluding carboxylic acids is 3. The normalized spacial score (nSPS) is 10.9. The van der Waals surface area contributed by atoms with Gasteiger partial charge in [-0.05, 0) is 35.2 Å². The van der Waals surface area contributed by atoms with Crippen LogP contribution >= 0.6 is 11.6 Å². The molecule has 0 unspecified atom stereocenters. The minimum atomic E-state index is -0.791. The van der Waals surface area contributed by atoms with Crippen LogP contribution in [0.25, 0.3) is 0 Å². The summed E-state index contributed by atoms with van der Waals surface area (Å²) in [6.45, 7) is 5.59. The van der Waals surface area contributed by atoms with Crippen molar-refractivity contribution >= 4 is 29.4 Å². The van der Waals surface area contributed by atoms with E-state index in [1.807, 2.05) is 12.1 Å². The molecule has 26 heavy (non-hydrogen) atoms. The number of hydrogen-bond donors (Lipinski definition) is 1. The van der Waals surface area contributed by atoms with E-state index in [1.54, 1.807) is 12.1 Å². The SMILES string of the molecule is CC(C)(C)c1ccc(C(=O)NC(=O)COC(=O)c2cccnc2Cl)cc1. The Balaban J connectivity index is 1.90. The van der Waals surface area contributed by atoms with Gasteiger partial charge < -0.3 is 4.74 Å². The summed E-state index contributed by atoms with van der Waals surface area (Å²) in [4.78, 5) is 39.5. The Morgan fingerprint density at radius 1 is 1.12 bits per heavy atom. The predicted molar refractivity (Wildman–Crippen MR) is 97.1 cm³/mol. The summed E-state index contributed by atoms with van der Waals surface area (Å²) in [5.41, 5.74) is 1.42. The third kappa shape index (κ3) is 5.13. The lowest BCUT2D eigenvalue weighted by Crippen LogP contribution is -2.34. The first-order chi connectivity index (χ1) is 12.2. The second-order valence-electron chi connectivity index (χ2n) is 6.62. The maximum atomic E-state index is 12.1. The van der Waals surface area contributed by atoms with Crippen LogP contribution in [0.15, 0.2) is 42.6 Å². The number of aromatic nitrogens is 1. The first-order valence-corrected chi connectivity index (χ1v) is 8.28. The van der Waals surface area contributed by atoms with Crippen LogP contribution in [-0.2, 0) is 14.9 Å². The first kappa shape index (κ1) is 19.6. The molecule has 0 aliphatic rings. The van der Waals surface area contributed by atoms with Crippen molar-refractivity contribution < 1.29 is 19.1 Å². The van der Waals surface area contributed by atoms with Crippen LogP contribution in [0, 0.1) is 0 Å². The lowest BCUT2D eigenvalue weighted by molar-refractivity contribution is -0.123. The molecule has 2 aromatic rings. The van der Waals surface area contributed by atoms with E-state index in [1.165, 1.54) is 18.3 Å². The molecule has 1 aromatic heterocycles. The smallest absolute Gasteiger partial charge is 0.341 e. The number of ether oxygens (including phenoxy) is 1. The first-order valence-electron chi connectivity index (χ1n) is 7.91. The number of halogens is 1. The fourth-order valence-corrected chi connectivity index (χ4v) is 2.30. The van der Waals surface area contributed by atoms with E-state index in [-0.39, 0.29) is 16.1 Å². The van der Waals surface area contributed by atoms with E-state index < -0.39 is 24.4 Å². The molecule has 0 saturated heterocycles. The zero-order valence-electron chi connectivity index (χ0n) is 14.7. The van der Waals surface area contributed by atoms with Crippen LogP contribution in [0.3, 0.4) is 0 Å². The molecule has 0 radical (unpaired) electrons. The Morgan fingerprint density at radius 3 is 2.35 bits per heavy atom. The van der Waals surface area contributed by atoms with Crippen molar-refractivity contribution in [2.45, 2.75) is 26.2 Å². The van der Waals surface area contributed by atoms with Gasteiger partial charge in [0.05, 0.1) is 5.56 Å². The molecule has 0 atom stereocenters. The average molecular weight is 375 g/mol. The molecule has 1 aromatic carbocycles. The van der Waals surface area contributed by atoms with Crippen LogP contribution < -0.4 is 5.32 Å². The van der Waals surface area contributed by atoms with Gasteiger partial charge in [-0.1, -0.05) is 44.5 Å². The fraction of sp³-hybridized carbons (Fsp3) is 0.263.